The van der Waals surface area contributed by atoms with E-state index in [0.29, 0.717) is 18.3 Å². The van der Waals surface area contributed by atoms with E-state index in [4.69, 9.17) is 4.74 Å². The zero-order valence-corrected chi connectivity index (χ0v) is 14.4. The molecule has 1 aliphatic heterocycles. The molecule has 0 amide bonds. The first kappa shape index (κ1) is 19.1. The lowest BCUT2D eigenvalue weighted by Crippen LogP contribution is -2.30. The molecule has 1 aliphatic rings. The lowest BCUT2D eigenvalue weighted by Gasteiger charge is -2.26. The van der Waals surface area contributed by atoms with Crippen molar-refractivity contribution in [3.63, 3.8) is 0 Å². The molecule has 0 aromatic heterocycles. The van der Waals surface area contributed by atoms with Gasteiger partial charge in [0.1, 0.15) is 5.75 Å². The van der Waals surface area contributed by atoms with Crippen molar-refractivity contribution < 1.29 is 17.9 Å². The van der Waals surface area contributed by atoms with Crippen LogP contribution in [0, 0.1) is 5.92 Å². The zero-order chi connectivity index (χ0) is 17.4. The number of hydrogen-bond acceptors (Lipinski definition) is 2. The molecule has 1 unspecified atom stereocenters. The van der Waals surface area contributed by atoms with E-state index < -0.39 is 11.7 Å². The van der Waals surface area contributed by atoms with Crippen molar-refractivity contribution in [3.05, 3.63) is 29.8 Å². The van der Waals surface area contributed by atoms with Gasteiger partial charge in [-0.2, -0.15) is 13.2 Å². The molecule has 2 nitrogen and oxygen atoms in total. The van der Waals surface area contributed by atoms with Crippen molar-refractivity contribution in [1.29, 1.82) is 0 Å². The van der Waals surface area contributed by atoms with Gasteiger partial charge in [-0.1, -0.05) is 13.3 Å². The number of rotatable bonds is 8. The van der Waals surface area contributed by atoms with Crippen LogP contribution >= 0.6 is 0 Å². The first-order valence-electron chi connectivity index (χ1n) is 8.97. The van der Waals surface area contributed by atoms with Gasteiger partial charge in [0.25, 0.3) is 0 Å². The average molecular weight is 343 g/mol. The molecule has 0 saturated carbocycles. The van der Waals surface area contributed by atoms with E-state index in [-0.39, 0.29) is 0 Å². The molecule has 0 bridgehead atoms. The van der Waals surface area contributed by atoms with Crippen LogP contribution in [0.25, 0.3) is 0 Å². The Bertz CT molecular complexity index is 466. The van der Waals surface area contributed by atoms with Crippen LogP contribution in [0.15, 0.2) is 24.3 Å². The molecule has 1 saturated heterocycles. The quantitative estimate of drug-likeness (QED) is 0.628. The van der Waals surface area contributed by atoms with E-state index in [9.17, 15) is 13.2 Å². The largest absolute Gasteiger partial charge is 0.494 e. The van der Waals surface area contributed by atoms with Crippen molar-refractivity contribution >= 4 is 0 Å². The summed E-state index contributed by atoms with van der Waals surface area (Å²) in [5, 5.41) is 0. The molecule has 5 heteroatoms. The standard InChI is InChI=1S/C19H28F3NO/c1-16(6-5-14-23-12-3-2-4-13-23)11-15-24-18-9-7-17(8-10-18)19(20,21)22/h7-10,16H,2-6,11-15H2,1H3. The van der Waals surface area contributed by atoms with Crippen LogP contribution < -0.4 is 4.74 Å². The van der Waals surface area contributed by atoms with E-state index >= 15 is 0 Å². The van der Waals surface area contributed by atoms with E-state index in [0.717, 1.165) is 18.6 Å². The molecule has 0 spiro atoms. The molecule has 1 heterocycles. The smallest absolute Gasteiger partial charge is 0.416 e. The summed E-state index contributed by atoms with van der Waals surface area (Å²) in [5.41, 5.74) is -0.638. The molecule has 0 N–H and O–H groups in total. The molecule has 24 heavy (non-hydrogen) atoms. The Balaban J connectivity index is 1.59. The van der Waals surface area contributed by atoms with Gasteiger partial charge in [0.15, 0.2) is 0 Å². The van der Waals surface area contributed by atoms with Gasteiger partial charge in [-0.15, -0.1) is 0 Å². The van der Waals surface area contributed by atoms with Gasteiger partial charge in [-0.25, -0.2) is 0 Å². The van der Waals surface area contributed by atoms with Gasteiger partial charge in [0.05, 0.1) is 12.2 Å². The minimum Gasteiger partial charge on any atom is -0.494 e. The monoisotopic (exact) mass is 343 g/mol. The molecule has 136 valence electrons. The Hall–Kier alpha value is -1.23. The minimum atomic E-state index is -4.29. The summed E-state index contributed by atoms with van der Waals surface area (Å²) in [5.74, 6) is 1.08. The summed E-state index contributed by atoms with van der Waals surface area (Å²) in [7, 11) is 0. The topological polar surface area (TPSA) is 12.5 Å². The summed E-state index contributed by atoms with van der Waals surface area (Å²) in [6.07, 6.45) is 3.05. The van der Waals surface area contributed by atoms with Crippen molar-refractivity contribution in [1.82, 2.24) is 4.90 Å². The van der Waals surface area contributed by atoms with E-state index in [1.54, 1.807) is 0 Å². The van der Waals surface area contributed by atoms with Crippen molar-refractivity contribution in [3.8, 4) is 5.75 Å². The van der Waals surface area contributed by atoms with Gasteiger partial charge < -0.3 is 9.64 Å². The minimum absolute atomic E-state index is 0.503. The lowest BCUT2D eigenvalue weighted by molar-refractivity contribution is -0.137. The number of piperidine rings is 1. The molecule has 0 aliphatic carbocycles. The molecule has 1 atom stereocenters. The summed E-state index contributed by atoms with van der Waals surface area (Å²) < 4.78 is 43.0. The van der Waals surface area contributed by atoms with Crippen molar-refractivity contribution in [2.45, 2.75) is 51.6 Å². The van der Waals surface area contributed by atoms with Gasteiger partial charge in [0, 0.05) is 0 Å². The summed E-state index contributed by atoms with van der Waals surface area (Å²) >= 11 is 0. The number of benzene rings is 1. The third-order valence-corrected chi connectivity index (χ3v) is 4.68. The average Bonchev–Trinajstić information content (AvgIpc) is 2.55. The maximum atomic E-state index is 12.5. The van der Waals surface area contributed by atoms with Crippen LogP contribution in [0.1, 0.15) is 51.0 Å². The highest BCUT2D eigenvalue weighted by Gasteiger charge is 2.30. The highest BCUT2D eigenvalue weighted by Crippen LogP contribution is 2.30. The predicted molar refractivity (Wildman–Crippen MR) is 90.2 cm³/mol. The molecule has 2 rings (SSSR count). The number of alkyl halides is 3. The predicted octanol–water partition coefficient (Wildman–Crippen LogP) is 5.38. The third-order valence-electron chi connectivity index (χ3n) is 4.68. The Morgan fingerprint density at radius 2 is 1.71 bits per heavy atom. The van der Waals surface area contributed by atoms with Crippen LogP contribution in [-0.4, -0.2) is 31.1 Å². The Labute approximate surface area is 143 Å². The Kier molecular flexibility index (Phi) is 7.40. The molecular weight excluding hydrogens is 315 g/mol. The lowest BCUT2D eigenvalue weighted by atomic mass is 10.0. The van der Waals surface area contributed by atoms with Gasteiger partial charge in [-0.3, -0.25) is 0 Å². The summed E-state index contributed by atoms with van der Waals surface area (Å²) in [4.78, 5) is 2.55. The van der Waals surface area contributed by atoms with Gasteiger partial charge in [-0.05, 0) is 81.9 Å². The molecular formula is C19H28F3NO. The molecule has 1 aromatic rings. The van der Waals surface area contributed by atoms with Crippen molar-refractivity contribution in [2.75, 3.05) is 26.2 Å². The Morgan fingerprint density at radius 3 is 2.33 bits per heavy atom. The molecule has 0 radical (unpaired) electrons. The van der Waals surface area contributed by atoms with E-state index in [2.05, 4.69) is 11.8 Å². The summed E-state index contributed by atoms with van der Waals surface area (Å²) in [6.45, 7) is 6.43. The maximum absolute atomic E-state index is 12.5. The normalized spacial score (nSPS) is 17.7. The highest BCUT2D eigenvalue weighted by molar-refractivity contribution is 5.28. The van der Waals surface area contributed by atoms with Gasteiger partial charge >= 0.3 is 6.18 Å². The number of likely N-dealkylation sites (tertiary alicyclic amines) is 1. The number of nitrogens with zero attached hydrogens (tertiary/aromatic N) is 1. The second-order valence-electron chi connectivity index (χ2n) is 6.81. The number of halogens is 3. The molecule has 1 fully saturated rings. The van der Waals surface area contributed by atoms with E-state index in [1.807, 2.05) is 0 Å². The summed E-state index contributed by atoms with van der Waals surface area (Å²) in [6, 6.07) is 4.92. The number of hydrogen-bond donors (Lipinski definition) is 0. The maximum Gasteiger partial charge on any atom is 0.416 e. The third kappa shape index (κ3) is 6.71. The van der Waals surface area contributed by atoms with Crippen LogP contribution in [0.3, 0.4) is 0 Å². The zero-order valence-electron chi connectivity index (χ0n) is 14.4. The fourth-order valence-electron chi connectivity index (χ4n) is 3.11. The van der Waals surface area contributed by atoms with Crippen LogP contribution in [0.4, 0.5) is 13.2 Å². The molecule has 1 aromatic carbocycles. The van der Waals surface area contributed by atoms with Crippen LogP contribution in [0.5, 0.6) is 5.75 Å². The number of ether oxygens (including phenoxy) is 1. The van der Waals surface area contributed by atoms with Crippen LogP contribution in [-0.2, 0) is 6.18 Å². The van der Waals surface area contributed by atoms with E-state index in [1.165, 1.54) is 63.9 Å². The first-order valence-corrected chi connectivity index (χ1v) is 8.97. The fourth-order valence-corrected chi connectivity index (χ4v) is 3.11. The van der Waals surface area contributed by atoms with Crippen LogP contribution in [0.2, 0.25) is 0 Å². The Morgan fingerprint density at radius 1 is 1.04 bits per heavy atom. The second kappa shape index (κ2) is 9.30. The highest BCUT2D eigenvalue weighted by atomic mass is 19.4. The fraction of sp³-hybridized carbons (Fsp3) is 0.684. The first-order chi connectivity index (χ1) is 11.4. The SMILES string of the molecule is CC(CCCN1CCCCC1)CCOc1ccc(C(F)(F)F)cc1. The second-order valence-corrected chi connectivity index (χ2v) is 6.81. The van der Waals surface area contributed by atoms with Gasteiger partial charge in [0.2, 0.25) is 0 Å². The van der Waals surface area contributed by atoms with Crippen molar-refractivity contribution in [2.24, 2.45) is 5.92 Å².